The molecule has 0 spiro atoms. The summed E-state index contributed by atoms with van der Waals surface area (Å²) < 4.78 is 1.65. The van der Waals surface area contributed by atoms with Crippen molar-refractivity contribution in [3.05, 3.63) is 24.5 Å². The molecule has 70 valence electrons. The van der Waals surface area contributed by atoms with Gasteiger partial charge >= 0.3 is 0 Å². The average Bonchev–Trinajstić information content (AvgIpc) is 2.79. The Balaban J connectivity index is 2.00. The second-order valence-corrected chi connectivity index (χ2v) is 3.52. The molecule has 4 nitrogen and oxygen atoms in total. The molecule has 1 fully saturated rings. The number of nitrogens with one attached hydrogen (secondary N) is 1. The lowest BCUT2D eigenvalue weighted by Gasteiger charge is -2.12. The van der Waals surface area contributed by atoms with Crippen LogP contribution in [0.15, 0.2) is 24.5 Å². The highest BCUT2D eigenvalue weighted by molar-refractivity contribution is 5.91. The van der Waals surface area contributed by atoms with Crippen molar-refractivity contribution in [2.24, 2.45) is 11.1 Å². The van der Waals surface area contributed by atoms with Crippen molar-refractivity contribution in [2.45, 2.75) is 12.8 Å². The molecule has 3 N–H and O–H groups in total. The van der Waals surface area contributed by atoms with Crippen LogP contribution in [0.5, 0.6) is 0 Å². The largest absolute Gasteiger partial charge is 0.329 e. The Morgan fingerprint density at radius 3 is 2.54 bits per heavy atom. The zero-order chi connectivity index (χ0) is 9.31. The number of amides is 1. The Labute approximate surface area is 76.7 Å². The number of hydrogen-bond acceptors (Lipinski definition) is 2. The fourth-order valence-electron chi connectivity index (χ4n) is 1.32. The van der Waals surface area contributed by atoms with Gasteiger partial charge in [-0.1, -0.05) is 0 Å². The molecule has 1 saturated carbocycles. The molecule has 0 saturated heterocycles. The molecule has 1 amide bonds. The fraction of sp³-hybridized carbons (Fsp3) is 0.444. The van der Waals surface area contributed by atoms with E-state index in [0.29, 0.717) is 6.54 Å². The molecule has 1 aromatic rings. The summed E-state index contributed by atoms with van der Waals surface area (Å²) in [6.45, 7) is 0.445. The van der Waals surface area contributed by atoms with Crippen molar-refractivity contribution in [3.63, 3.8) is 0 Å². The number of rotatable bonds is 3. The minimum Gasteiger partial charge on any atom is -0.329 e. The lowest BCUT2D eigenvalue weighted by atomic mass is 10.1. The molecular weight excluding hydrogens is 166 g/mol. The van der Waals surface area contributed by atoms with E-state index in [-0.39, 0.29) is 11.3 Å². The molecule has 0 aromatic carbocycles. The smallest absolute Gasteiger partial charge is 0.246 e. The van der Waals surface area contributed by atoms with Crippen LogP contribution in [0, 0.1) is 5.41 Å². The zero-order valence-electron chi connectivity index (χ0n) is 7.36. The fourth-order valence-corrected chi connectivity index (χ4v) is 1.32. The van der Waals surface area contributed by atoms with Gasteiger partial charge in [0.05, 0.1) is 5.41 Å². The van der Waals surface area contributed by atoms with Crippen molar-refractivity contribution < 1.29 is 4.79 Å². The molecule has 1 heterocycles. The van der Waals surface area contributed by atoms with E-state index in [2.05, 4.69) is 5.43 Å². The van der Waals surface area contributed by atoms with Crippen LogP contribution >= 0.6 is 0 Å². The maximum absolute atomic E-state index is 11.6. The molecule has 1 aliphatic rings. The zero-order valence-corrected chi connectivity index (χ0v) is 7.36. The predicted octanol–water partition coefficient (Wildman–Crippen LogP) is 0.297. The monoisotopic (exact) mass is 179 g/mol. The molecule has 0 unspecified atom stereocenters. The second-order valence-electron chi connectivity index (χ2n) is 3.52. The number of carbonyl (C=O) groups excluding carboxylic acids is 1. The van der Waals surface area contributed by atoms with Gasteiger partial charge in [-0.3, -0.25) is 14.9 Å². The molecule has 4 heteroatoms. The SMILES string of the molecule is NCC1(C(=O)Nn2cccc2)CC1. The first-order valence-corrected chi connectivity index (χ1v) is 4.41. The summed E-state index contributed by atoms with van der Waals surface area (Å²) in [6.07, 6.45) is 5.42. The number of hydrogen-bond donors (Lipinski definition) is 2. The van der Waals surface area contributed by atoms with Gasteiger partial charge in [0.25, 0.3) is 0 Å². The van der Waals surface area contributed by atoms with Crippen molar-refractivity contribution in [2.75, 3.05) is 12.0 Å². The number of nitrogens with zero attached hydrogens (tertiary/aromatic N) is 1. The normalized spacial score (nSPS) is 18.2. The van der Waals surface area contributed by atoms with Gasteiger partial charge < -0.3 is 5.73 Å². The Hall–Kier alpha value is -1.29. The van der Waals surface area contributed by atoms with Crippen LogP contribution < -0.4 is 11.2 Å². The van der Waals surface area contributed by atoms with E-state index in [1.807, 2.05) is 12.1 Å². The molecular formula is C9H13N3O. The van der Waals surface area contributed by atoms with Gasteiger partial charge in [-0.05, 0) is 25.0 Å². The Morgan fingerprint density at radius 1 is 1.46 bits per heavy atom. The minimum atomic E-state index is -0.274. The van der Waals surface area contributed by atoms with E-state index >= 15 is 0 Å². The maximum atomic E-state index is 11.6. The van der Waals surface area contributed by atoms with Crippen LogP contribution in [0.2, 0.25) is 0 Å². The summed E-state index contributed by atoms with van der Waals surface area (Å²) in [5.74, 6) is 0.0335. The van der Waals surface area contributed by atoms with Crippen molar-refractivity contribution in [1.82, 2.24) is 4.68 Å². The summed E-state index contributed by atoms with van der Waals surface area (Å²) in [4.78, 5) is 11.6. The number of nitrogens with two attached hydrogens (primary N) is 1. The summed E-state index contributed by atoms with van der Waals surface area (Å²) in [7, 11) is 0. The van der Waals surface area contributed by atoms with E-state index < -0.39 is 0 Å². The second kappa shape index (κ2) is 2.88. The summed E-state index contributed by atoms with van der Waals surface area (Å²) in [6, 6.07) is 3.73. The highest BCUT2D eigenvalue weighted by Crippen LogP contribution is 2.44. The van der Waals surface area contributed by atoms with Crippen LogP contribution in [0.25, 0.3) is 0 Å². The van der Waals surface area contributed by atoms with Crippen molar-refractivity contribution in [3.8, 4) is 0 Å². The summed E-state index contributed by atoms with van der Waals surface area (Å²) >= 11 is 0. The van der Waals surface area contributed by atoms with Gasteiger partial charge in [-0.2, -0.15) is 0 Å². The van der Waals surface area contributed by atoms with Gasteiger partial charge in [-0.15, -0.1) is 0 Å². The van der Waals surface area contributed by atoms with Gasteiger partial charge in [0, 0.05) is 18.9 Å². The molecule has 0 bridgehead atoms. The maximum Gasteiger partial charge on any atom is 0.246 e. The quantitative estimate of drug-likeness (QED) is 0.701. The minimum absolute atomic E-state index is 0.0335. The van der Waals surface area contributed by atoms with Gasteiger partial charge in [-0.25, -0.2) is 0 Å². The lowest BCUT2D eigenvalue weighted by Crippen LogP contribution is -2.34. The Kier molecular flexibility index (Phi) is 1.84. The molecule has 0 atom stereocenters. The average molecular weight is 179 g/mol. The third kappa shape index (κ3) is 1.45. The Morgan fingerprint density at radius 2 is 2.08 bits per heavy atom. The standard InChI is InChI=1S/C9H13N3O/c10-7-9(3-4-9)8(13)11-12-5-1-2-6-12/h1-2,5-6H,3-4,7,10H2,(H,11,13). The molecule has 0 radical (unpaired) electrons. The van der Waals surface area contributed by atoms with E-state index in [1.54, 1.807) is 17.1 Å². The Bertz CT molecular complexity index is 301. The van der Waals surface area contributed by atoms with E-state index in [1.165, 1.54) is 0 Å². The van der Waals surface area contributed by atoms with Gasteiger partial charge in [0.2, 0.25) is 5.91 Å². The first kappa shape index (κ1) is 8.31. The predicted molar refractivity (Wildman–Crippen MR) is 49.5 cm³/mol. The number of carbonyl (C=O) groups is 1. The van der Waals surface area contributed by atoms with Gasteiger partial charge in [0.1, 0.15) is 0 Å². The van der Waals surface area contributed by atoms with Crippen LogP contribution in [-0.2, 0) is 4.79 Å². The van der Waals surface area contributed by atoms with E-state index in [9.17, 15) is 4.79 Å². The molecule has 2 rings (SSSR count). The molecule has 13 heavy (non-hydrogen) atoms. The lowest BCUT2D eigenvalue weighted by molar-refractivity contribution is -0.121. The summed E-state index contributed by atoms with van der Waals surface area (Å²) in [5.41, 5.74) is 8.03. The third-order valence-corrected chi connectivity index (χ3v) is 2.56. The molecule has 0 aliphatic heterocycles. The highest BCUT2D eigenvalue weighted by Gasteiger charge is 2.48. The highest BCUT2D eigenvalue weighted by atomic mass is 16.2. The van der Waals surface area contributed by atoms with Crippen LogP contribution in [0.1, 0.15) is 12.8 Å². The molecule has 1 aliphatic carbocycles. The first-order chi connectivity index (χ1) is 6.27. The van der Waals surface area contributed by atoms with Gasteiger partial charge in [0.15, 0.2) is 0 Å². The van der Waals surface area contributed by atoms with E-state index in [0.717, 1.165) is 12.8 Å². The van der Waals surface area contributed by atoms with Crippen LogP contribution in [0.4, 0.5) is 0 Å². The van der Waals surface area contributed by atoms with E-state index in [4.69, 9.17) is 5.73 Å². The first-order valence-electron chi connectivity index (χ1n) is 4.41. The van der Waals surface area contributed by atoms with Crippen molar-refractivity contribution >= 4 is 5.91 Å². The van der Waals surface area contributed by atoms with Crippen LogP contribution in [-0.4, -0.2) is 17.1 Å². The summed E-state index contributed by atoms with van der Waals surface area (Å²) in [5, 5.41) is 0. The van der Waals surface area contributed by atoms with Crippen molar-refractivity contribution in [1.29, 1.82) is 0 Å². The topological polar surface area (TPSA) is 60.1 Å². The number of aromatic nitrogens is 1. The van der Waals surface area contributed by atoms with Crippen LogP contribution in [0.3, 0.4) is 0 Å². The third-order valence-electron chi connectivity index (χ3n) is 2.56. The molecule has 1 aromatic heterocycles.